The number of aromatic nitrogens is 2. The Morgan fingerprint density at radius 1 is 0.927 bits per heavy atom. The lowest BCUT2D eigenvalue weighted by Crippen LogP contribution is -2.63. The average Bonchev–Trinajstić information content (AvgIpc) is 3.45. The summed E-state index contributed by atoms with van der Waals surface area (Å²) in [5, 5.41) is 20.3. The highest BCUT2D eigenvalue weighted by Crippen LogP contribution is 2.46. The van der Waals surface area contributed by atoms with Crippen LogP contribution in [0.2, 0.25) is 0 Å². The van der Waals surface area contributed by atoms with Crippen LogP contribution in [0.3, 0.4) is 0 Å². The number of phenols is 2. The SMILES string of the molecule is Cc1cc(C)cc(C(=O)c2nccn2CC(CC[N+]23CCC(c4ccccc4)(CC2)CC3)c2ccc(O)c(O)c2)c1. The lowest BCUT2D eigenvalue weighted by atomic mass is 9.66. The van der Waals surface area contributed by atoms with Gasteiger partial charge in [-0.15, -0.1) is 0 Å². The van der Waals surface area contributed by atoms with Crippen LogP contribution in [0, 0.1) is 13.8 Å². The summed E-state index contributed by atoms with van der Waals surface area (Å²) in [5.74, 6) is 0.169. The normalized spacial score (nSPS) is 22.5. The van der Waals surface area contributed by atoms with Crippen LogP contribution < -0.4 is 0 Å². The number of rotatable bonds is 9. The molecular weight excluding hydrogens is 510 g/mol. The molecule has 6 heteroatoms. The number of hydrogen-bond donors (Lipinski definition) is 2. The highest BCUT2D eigenvalue weighted by atomic mass is 16.3. The van der Waals surface area contributed by atoms with E-state index < -0.39 is 0 Å². The van der Waals surface area contributed by atoms with Gasteiger partial charge in [-0.3, -0.25) is 4.79 Å². The van der Waals surface area contributed by atoms with Gasteiger partial charge in [0.1, 0.15) is 0 Å². The number of nitrogens with zero attached hydrogens (tertiary/aromatic N) is 3. The number of imidazole rings is 1. The Hall–Kier alpha value is -3.90. The minimum absolute atomic E-state index is 0.0525. The van der Waals surface area contributed by atoms with Gasteiger partial charge in [-0.2, -0.15) is 0 Å². The number of aromatic hydroxyl groups is 2. The van der Waals surface area contributed by atoms with E-state index in [1.165, 1.54) is 44.5 Å². The van der Waals surface area contributed by atoms with E-state index in [1.807, 2.05) is 42.8 Å². The lowest BCUT2D eigenvalue weighted by molar-refractivity contribution is -0.943. The zero-order chi connectivity index (χ0) is 28.6. The van der Waals surface area contributed by atoms with Crippen molar-refractivity contribution in [2.45, 2.75) is 57.4 Å². The minimum Gasteiger partial charge on any atom is -0.504 e. The summed E-state index contributed by atoms with van der Waals surface area (Å²) in [4.78, 5) is 18.0. The number of carbonyl (C=O) groups excluding carboxylic acids is 1. The highest BCUT2D eigenvalue weighted by molar-refractivity contribution is 6.06. The third-order valence-corrected chi connectivity index (χ3v) is 9.82. The summed E-state index contributed by atoms with van der Waals surface area (Å²) >= 11 is 0. The number of ketones is 1. The Labute approximate surface area is 242 Å². The molecule has 3 saturated heterocycles. The van der Waals surface area contributed by atoms with Gasteiger partial charge in [0.15, 0.2) is 17.3 Å². The molecule has 4 heterocycles. The van der Waals surface area contributed by atoms with Crippen molar-refractivity contribution in [1.82, 2.24) is 9.55 Å². The Balaban J connectivity index is 1.23. The summed E-state index contributed by atoms with van der Waals surface area (Å²) in [6.07, 6.45) is 8.15. The minimum atomic E-state index is -0.119. The second kappa shape index (κ2) is 10.8. The highest BCUT2D eigenvalue weighted by Gasteiger charge is 2.49. The van der Waals surface area contributed by atoms with E-state index in [9.17, 15) is 15.0 Å². The number of benzene rings is 3. The van der Waals surface area contributed by atoms with Gasteiger partial charge in [-0.1, -0.05) is 53.6 Å². The molecule has 7 rings (SSSR count). The maximum absolute atomic E-state index is 13.5. The van der Waals surface area contributed by atoms with Crippen molar-refractivity contribution in [2.24, 2.45) is 0 Å². The summed E-state index contributed by atoms with van der Waals surface area (Å²) < 4.78 is 3.09. The molecule has 3 aliphatic heterocycles. The fraction of sp³-hybridized carbons (Fsp3) is 0.371. The average molecular weight is 551 g/mol. The molecular formula is C35H40N3O3+. The maximum atomic E-state index is 13.5. The fourth-order valence-corrected chi connectivity index (χ4v) is 7.35. The van der Waals surface area contributed by atoms with Crippen molar-refractivity contribution in [2.75, 3.05) is 26.2 Å². The molecule has 0 aliphatic carbocycles. The number of carbonyl (C=O) groups is 1. The molecule has 2 N–H and O–H groups in total. The van der Waals surface area contributed by atoms with Crippen molar-refractivity contribution in [1.29, 1.82) is 0 Å². The molecule has 0 radical (unpaired) electrons. The first-order chi connectivity index (χ1) is 19.8. The summed E-state index contributed by atoms with van der Waals surface area (Å²) in [6, 6.07) is 22.1. The van der Waals surface area contributed by atoms with Crippen molar-refractivity contribution in [3.63, 3.8) is 0 Å². The van der Waals surface area contributed by atoms with Gasteiger partial charge in [-0.05, 0) is 49.2 Å². The number of fused-ring (bicyclic) bond motifs is 3. The van der Waals surface area contributed by atoms with Crippen molar-refractivity contribution < 1.29 is 19.5 Å². The molecule has 6 nitrogen and oxygen atoms in total. The third-order valence-electron chi connectivity index (χ3n) is 9.82. The molecule has 0 spiro atoms. The first-order valence-electron chi connectivity index (χ1n) is 14.8. The number of phenolic OH excluding ortho intramolecular Hbond substituents is 2. The van der Waals surface area contributed by atoms with E-state index in [2.05, 4.69) is 41.4 Å². The van der Waals surface area contributed by atoms with Gasteiger partial charge in [0.05, 0.1) is 26.2 Å². The quantitative estimate of drug-likeness (QED) is 0.146. The first-order valence-corrected chi connectivity index (χ1v) is 14.8. The van der Waals surface area contributed by atoms with E-state index in [0.717, 1.165) is 34.1 Å². The van der Waals surface area contributed by atoms with Crippen LogP contribution in [0.4, 0.5) is 0 Å². The third kappa shape index (κ3) is 5.41. The van der Waals surface area contributed by atoms with Gasteiger partial charge < -0.3 is 19.3 Å². The Morgan fingerprint density at radius 3 is 2.27 bits per heavy atom. The van der Waals surface area contributed by atoms with Crippen LogP contribution in [0.15, 0.2) is 79.1 Å². The van der Waals surface area contributed by atoms with Crippen LogP contribution in [-0.2, 0) is 12.0 Å². The molecule has 4 aromatic rings. The number of quaternary nitrogens is 1. The predicted octanol–water partition coefficient (Wildman–Crippen LogP) is 6.27. The first kappa shape index (κ1) is 27.3. The largest absolute Gasteiger partial charge is 0.504 e. The smallest absolute Gasteiger partial charge is 0.228 e. The van der Waals surface area contributed by atoms with Gasteiger partial charge in [0.2, 0.25) is 5.78 Å². The summed E-state index contributed by atoms with van der Waals surface area (Å²) in [5.41, 5.74) is 5.54. The van der Waals surface area contributed by atoms with Crippen LogP contribution in [0.5, 0.6) is 11.5 Å². The van der Waals surface area contributed by atoms with Gasteiger partial charge >= 0.3 is 0 Å². The van der Waals surface area contributed by atoms with Crippen LogP contribution >= 0.6 is 0 Å². The van der Waals surface area contributed by atoms with Gasteiger partial charge in [0.25, 0.3) is 0 Å². The number of hydrogen-bond acceptors (Lipinski definition) is 4. The van der Waals surface area contributed by atoms with Crippen LogP contribution in [0.25, 0.3) is 0 Å². The Morgan fingerprint density at radius 2 is 1.61 bits per heavy atom. The van der Waals surface area contributed by atoms with E-state index in [-0.39, 0.29) is 23.2 Å². The van der Waals surface area contributed by atoms with Crippen molar-refractivity contribution in [3.8, 4) is 11.5 Å². The van der Waals surface area contributed by atoms with Crippen LogP contribution in [-0.4, -0.2) is 56.2 Å². The summed E-state index contributed by atoms with van der Waals surface area (Å²) in [6.45, 7) is 9.18. The zero-order valence-corrected chi connectivity index (χ0v) is 24.1. The molecule has 0 saturated carbocycles. The maximum Gasteiger partial charge on any atom is 0.228 e. The molecule has 41 heavy (non-hydrogen) atoms. The standard InChI is InChI=1S/C35H39N3O3/c1-25-20-26(2)22-29(21-25)33(41)34-36-14-15-37(34)24-28(27-8-9-31(39)32(40)23-27)10-16-38-17-11-35(12-18-38,13-19-38)30-6-4-3-5-7-30/h3-9,14-15,20-23,28H,10-13,16-19,24H2,1-2H3,(H-,36,39,40,41)/p+1. The molecule has 3 aliphatic rings. The van der Waals surface area contributed by atoms with E-state index in [1.54, 1.807) is 18.3 Å². The predicted molar refractivity (Wildman–Crippen MR) is 160 cm³/mol. The topological polar surface area (TPSA) is 75.4 Å². The molecule has 3 fully saturated rings. The fourth-order valence-electron chi connectivity index (χ4n) is 7.35. The van der Waals surface area contributed by atoms with Crippen LogP contribution in [0.1, 0.15) is 70.0 Å². The Bertz CT molecular complexity index is 1510. The molecule has 1 aromatic heterocycles. The summed E-state index contributed by atoms with van der Waals surface area (Å²) in [7, 11) is 0. The molecule has 3 aromatic carbocycles. The molecule has 1 unspecified atom stereocenters. The lowest BCUT2D eigenvalue weighted by Gasteiger charge is -2.55. The zero-order valence-electron chi connectivity index (χ0n) is 24.1. The molecule has 2 bridgehead atoms. The van der Waals surface area contributed by atoms with Crippen molar-refractivity contribution in [3.05, 3.63) is 113 Å². The number of aryl methyl sites for hydroxylation is 2. The molecule has 1 atom stereocenters. The second-order valence-electron chi connectivity index (χ2n) is 12.5. The van der Waals surface area contributed by atoms with Gasteiger partial charge in [0, 0.05) is 61.5 Å². The second-order valence-corrected chi connectivity index (χ2v) is 12.5. The monoisotopic (exact) mass is 550 g/mol. The van der Waals surface area contributed by atoms with E-state index >= 15 is 0 Å². The molecule has 0 amide bonds. The van der Waals surface area contributed by atoms with E-state index in [4.69, 9.17) is 0 Å². The number of piperidine rings is 3. The van der Waals surface area contributed by atoms with Crippen molar-refractivity contribution >= 4 is 5.78 Å². The van der Waals surface area contributed by atoms with Gasteiger partial charge in [-0.25, -0.2) is 4.98 Å². The Kier molecular flexibility index (Phi) is 7.20. The van der Waals surface area contributed by atoms with E-state index in [0.29, 0.717) is 23.3 Å². The molecule has 212 valence electrons.